The molecule has 1 aromatic heterocycles. The number of amides is 1. The van der Waals surface area contributed by atoms with Crippen molar-refractivity contribution in [3.8, 4) is 17.1 Å². The van der Waals surface area contributed by atoms with Crippen LogP contribution in [0.5, 0.6) is 5.75 Å². The van der Waals surface area contributed by atoms with Gasteiger partial charge in [0.1, 0.15) is 23.9 Å². The summed E-state index contributed by atoms with van der Waals surface area (Å²) in [5.41, 5.74) is 0.983. The second-order valence-electron chi connectivity index (χ2n) is 5.71. The van der Waals surface area contributed by atoms with Crippen molar-refractivity contribution in [2.75, 3.05) is 11.9 Å². The summed E-state index contributed by atoms with van der Waals surface area (Å²) in [4.78, 5) is 22.3. The number of aliphatic hydroxyl groups is 1. The van der Waals surface area contributed by atoms with Gasteiger partial charge in [0.05, 0.1) is 15.6 Å². The van der Waals surface area contributed by atoms with Crippen molar-refractivity contribution in [2.24, 2.45) is 0 Å². The van der Waals surface area contributed by atoms with Crippen molar-refractivity contribution in [3.05, 3.63) is 75.5 Å². The van der Waals surface area contributed by atoms with Crippen molar-refractivity contribution in [2.45, 2.75) is 6.61 Å². The number of ether oxygens (including phenoxy) is 1. The molecule has 0 aliphatic carbocycles. The number of anilines is 1. The average molecular weight is 403 g/mol. The summed E-state index contributed by atoms with van der Waals surface area (Å²) in [6, 6.07) is 13.7. The molecule has 28 heavy (non-hydrogen) atoms. The van der Waals surface area contributed by atoms with Gasteiger partial charge in [0.25, 0.3) is 11.6 Å². The van der Waals surface area contributed by atoms with Crippen LogP contribution in [0.4, 0.5) is 11.4 Å². The lowest BCUT2D eigenvalue weighted by atomic mass is 10.1. The van der Waals surface area contributed by atoms with Gasteiger partial charge >= 0.3 is 0 Å². The fourth-order valence-corrected chi connectivity index (χ4v) is 2.56. The van der Waals surface area contributed by atoms with Crippen LogP contribution in [0.1, 0.15) is 5.76 Å². The summed E-state index contributed by atoms with van der Waals surface area (Å²) in [5, 5.41) is 22.7. The van der Waals surface area contributed by atoms with E-state index in [9.17, 15) is 14.9 Å². The molecule has 2 N–H and O–H groups in total. The van der Waals surface area contributed by atoms with E-state index in [0.29, 0.717) is 33.5 Å². The van der Waals surface area contributed by atoms with E-state index < -0.39 is 10.8 Å². The number of rotatable bonds is 7. The van der Waals surface area contributed by atoms with Crippen LogP contribution >= 0.6 is 11.6 Å². The third-order valence-electron chi connectivity index (χ3n) is 3.76. The lowest BCUT2D eigenvalue weighted by Gasteiger charge is -2.10. The van der Waals surface area contributed by atoms with Crippen LogP contribution in [0.2, 0.25) is 5.02 Å². The van der Waals surface area contributed by atoms with E-state index in [0.717, 1.165) is 0 Å². The van der Waals surface area contributed by atoms with Gasteiger partial charge in [0.2, 0.25) is 0 Å². The Hall–Kier alpha value is -3.36. The van der Waals surface area contributed by atoms with E-state index >= 15 is 0 Å². The van der Waals surface area contributed by atoms with Crippen molar-refractivity contribution < 1.29 is 24.0 Å². The topological polar surface area (TPSA) is 115 Å². The average Bonchev–Trinajstić information content (AvgIpc) is 3.17. The Bertz CT molecular complexity index is 1000. The Kier molecular flexibility index (Phi) is 5.93. The molecule has 2 aromatic carbocycles. The van der Waals surface area contributed by atoms with E-state index in [-0.39, 0.29) is 18.9 Å². The molecular formula is C19H15ClN2O6. The number of hydrogen-bond acceptors (Lipinski definition) is 6. The standard InChI is InChI=1S/C19H15ClN2O6/c20-16-7-1-12(18-8-6-15(10-23)28-18)9-17(16)21-19(24)11-27-14-4-2-13(3-5-14)22(25)26/h1-9,23H,10-11H2,(H,21,24). The summed E-state index contributed by atoms with van der Waals surface area (Å²) in [7, 11) is 0. The maximum absolute atomic E-state index is 12.2. The number of aliphatic hydroxyl groups excluding tert-OH is 1. The normalized spacial score (nSPS) is 10.5. The molecule has 8 nitrogen and oxygen atoms in total. The van der Waals surface area contributed by atoms with Gasteiger partial charge in [0.15, 0.2) is 6.61 Å². The van der Waals surface area contributed by atoms with E-state index in [1.807, 2.05) is 0 Å². The van der Waals surface area contributed by atoms with Gasteiger partial charge in [-0.3, -0.25) is 14.9 Å². The number of hydrogen-bond donors (Lipinski definition) is 2. The van der Waals surface area contributed by atoms with Crippen LogP contribution < -0.4 is 10.1 Å². The molecule has 0 saturated carbocycles. The van der Waals surface area contributed by atoms with Gasteiger partial charge in [-0.15, -0.1) is 0 Å². The summed E-state index contributed by atoms with van der Waals surface area (Å²) >= 11 is 6.13. The van der Waals surface area contributed by atoms with Crippen LogP contribution in [0.3, 0.4) is 0 Å². The zero-order valence-corrected chi connectivity index (χ0v) is 15.2. The minimum atomic E-state index is -0.520. The van der Waals surface area contributed by atoms with Gasteiger partial charge in [-0.1, -0.05) is 11.6 Å². The van der Waals surface area contributed by atoms with Crippen molar-refractivity contribution >= 4 is 28.9 Å². The highest BCUT2D eigenvalue weighted by Crippen LogP contribution is 2.30. The number of nitrogens with zero attached hydrogens (tertiary/aromatic N) is 1. The lowest BCUT2D eigenvalue weighted by molar-refractivity contribution is -0.384. The molecule has 0 aliphatic rings. The van der Waals surface area contributed by atoms with Gasteiger partial charge < -0.3 is 19.6 Å². The molecule has 0 fully saturated rings. The molecule has 0 bridgehead atoms. The van der Waals surface area contributed by atoms with Crippen molar-refractivity contribution in [1.29, 1.82) is 0 Å². The molecule has 0 unspecified atom stereocenters. The highest BCUT2D eigenvalue weighted by molar-refractivity contribution is 6.33. The largest absolute Gasteiger partial charge is 0.484 e. The van der Waals surface area contributed by atoms with Crippen LogP contribution in [-0.2, 0) is 11.4 Å². The van der Waals surface area contributed by atoms with Gasteiger partial charge in [-0.25, -0.2) is 0 Å². The first-order valence-corrected chi connectivity index (χ1v) is 8.50. The van der Waals surface area contributed by atoms with Gasteiger partial charge in [-0.05, 0) is 42.5 Å². The summed E-state index contributed by atoms with van der Waals surface area (Å²) < 4.78 is 10.8. The summed E-state index contributed by atoms with van der Waals surface area (Å²) in [5.74, 6) is 0.825. The predicted octanol–water partition coefficient (Wildman–Crippen LogP) is 4.02. The minimum Gasteiger partial charge on any atom is -0.484 e. The monoisotopic (exact) mass is 402 g/mol. The molecule has 3 rings (SSSR count). The maximum Gasteiger partial charge on any atom is 0.269 e. The Balaban J connectivity index is 1.64. The molecule has 1 heterocycles. The first-order chi connectivity index (χ1) is 13.5. The van der Waals surface area contributed by atoms with Crippen LogP contribution in [-0.4, -0.2) is 22.5 Å². The first-order valence-electron chi connectivity index (χ1n) is 8.13. The number of furan rings is 1. The molecule has 9 heteroatoms. The molecule has 0 saturated heterocycles. The number of halogens is 1. The summed E-state index contributed by atoms with van der Waals surface area (Å²) in [6.07, 6.45) is 0. The first kappa shape index (κ1) is 19.4. The summed E-state index contributed by atoms with van der Waals surface area (Å²) in [6.45, 7) is -0.509. The zero-order chi connectivity index (χ0) is 20.1. The maximum atomic E-state index is 12.2. The fraction of sp³-hybridized carbons (Fsp3) is 0.105. The van der Waals surface area contributed by atoms with Crippen molar-refractivity contribution in [3.63, 3.8) is 0 Å². The smallest absolute Gasteiger partial charge is 0.269 e. The highest BCUT2D eigenvalue weighted by atomic mass is 35.5. The highest BCUT2D eigenvalue weighted by Gasteiger charge is 2.11. The molecule has 0 atom stereocenters. The van der Waals surface area contributed by atoms with E-state index in [2.05, 4.69) is 5.32 Å². The van der Waals surface area contributed by atoms with Crippen LogP contribution in [0.25, 0.3) is 11.3 Å². The molecule has 3 aromatic rings. The molecule has 0 aliphatic heterocycles. The number of benzene rings is 2. The lowest BCUT2D eigenvalue weighted by Crippen LogP contribution is -2.20. The number of nitrogens with one attached hydrogen (secondary N) is 1. The second-order valence-corrected chi connectivity index (χ2v) is 6.11. The molecule has 144 valence electrons. The molecule has 1 amide bonds. The number of nitro benzene ring substituents is 1. The van der Waals surface area contributed by atoms with Crippen LogP contribution in [0.15, 0.2) is 59.0 Å². The SMILES string of the molecule is O=C(COc1ccc([N+](=O)[O-])cc1)Nc1cc(-c2ccc(CO)o2)ccc1Cl. The zero-order valence-electron chi connectivity index (χ0n) is 14.4. The Labute approximate surface area is 164 Å². The predicted molar refractivity (Wildman–Crippen MR) is 102 cm³/mol. The minimum absolute atomic E-state index is 0.0670. The van der Waals surface area contributed by atoms with E-state index in [1.165, 1.54) is 24.3 Å². The van der Waals surface area contributed by atoms with Crippen LogP contribution in [0, 0.1) is 10.1 Å². The third-order valence-corrected chi connectivity index (χ3v) is 4.09. The van der Waals surface area contributed by atoms with E-state index in [4.69, 9.17) is 25.9 Å². The van der Waals surface area contributed by atoms with E-state index in [1.54, 1.807) is 30.3 Å². The van der Waals surface area contributed by atoms with Crippen molar-refractivity contribution in [1.82, 2.24) is 0 Å². The third kappa shape index (κ3) is 4.67. The molecular weight excluding hydrogens is 388 g/mol. The number of non-ortho nitro benzene ring substituents is 1. The Morgan fingerprint density at radius 3 is 2.57 bits per heavy atom. The Morgan fingerprint density at radius 1 is 1.18 bits per heavy atom. The number of nitro groups is 1. The van der Waals surface area contributed by atoms with Gasteiger partial charge in [-0.2, -0.15) is 0 Å². The molecule has 0 spiro atoms. The number of carbonyl (C=O) groups excluding carboxylic acids is 1. The fourth-order valence-electron chi connectivity index (χ4n) is 2.39. The molecule has 0 radical (unpaired) electrons. The Morgan fingerprint density at radius 2 is 1.93 bits per heavy atom. The number of carbonyl (C=O) groups is 1. The quantitative estimate of drug-likeness (QED) is 0.455. The van der Waals surface area contributed by atoms with Gasteiger partial charge in [0, 0.05) is 17.7 Å². The second kappa shape index (κ2) is 8.55.